The van der Waals surface area contributed by atoms with E-state index in [4.69, 9.17) is 14.2 Å². The molecule has 192 valence electrons. The van der Waals surface area contributed by atoms with Gasteiger partial charge < -0.3 is 24.8 Å². The topological polar surface area (TPSA) is 103 Å². The third-order valence-electron chi connectivity index (χ3n) is 5.75. The van der Waals surface area contributed by atoms with E-state index in [0.29, 0.717) is 46.7 Å². The van der Waals surface area contributed by atoms with E-state index in [1.165, 1.54) is 0 Å². The molecule has 1 aliphatic heterocycles. The molecule has 8 nitrogen and oxygen atoms in total. The van der Waals surface area contributed by atoms with Gasteiger partial charge in [0.1, 0.15) is 18.0 Å². The van der Waals surface area contributed by atoms with Gasteiger partial charge in [0, 0.05) is 23.2 Å². The number of carbonyl (C=O) groups is 3. The summed E-state index contributed by atoms with van der Waals surface area (Å²) in [5.74, 6) is -0.167. The molecule has 0 saturated heterocycles. The molecule has 0 radical (unpaired) electrons. The van der Waals surface area contributed by atoms with Gasteiger partial charge in [-0.15, -0.1) is 0 Å². The van der Waals surface area contributed by atoms with Gasteiger partial charge >= 0.3 is 18.0 Å². The Kier molecular flexibility index (Phi) is 8.40. The summed E-state index contributed by atoms with van der Waals surface area (Å²) in [6, 6.07) is 8.54. The SMILES string of the molecule is COc1c(C)c2c(c(NC(=O)Nc3ccccc3)c1CC=C(C)CCC(=O)OC(C)(C)C)C(=O)OC2. The minimum Gasteiger partial charge on any atom is -0.496 e. The highest BCUT2D eigenvalue weighted by molar-refractivity contribution is 6.08. The van der Waals surface area contributed by atoms with E-state index >= 15 is 0 Å². The quantitative estimate of drug-likeness (QED) is 0.348. The first-order chi connectivity index (χ1) is 17.0. The van der Waals surface area contributed by atoms with Crippen molar-refractivity contribution in [2.24, 2.45) is 0 Å². The van der Waals surface area contributed by atoms with Gasteiger partial charge in [-0.2, -0.15) is 0 Å². The van der Waals surface area contributed by atoms with Crippen molar-refractivity contribution in [3.8, 4) is 5.75 Å². The van der Waals surface area contributed by atoms with Gasteiger partial charge in [-0.3, -0.25) is 4.79 Å². The molecule has 0 atom stereocenters. The summed E-state index contributed by atoms with van der Waals surface area (Å²) >= 11 is 0. The largest absolute Gasteiger partial charge is 0.496 e. The summed E-state index contributed by atoms with van der Waals surface area (Å²) in [4.78, 5) is 37.6. The van der Waals surface area contributed by atoms with Crippen LogP contribution in [0.1, 0.15) is 67.6 Å². The number of carbonyl (C=O) groups excluding carboxylic acids is 3. The molecule has 2 aromatic carbocycles. The molecule has 3 rings (SSSR count). The number of rotatable bonds is 8. The molecule has 2 N–H and O–H groups in total. The molecule has 0 fully saturated rings. The molecule has 0 saturated carbocycles. The normalized spacial score (nSPS) is 13.1. The fraction of sp³-hybridized carbons (Fsp3) is 0.393. The predicted octanol–water partition coefficient (Wildman–Crippen LogP) is 5.93. The van der Waals surface area contributed by atoms with Crippen molar-refractivity contribution in [3.63, 3.8) is 0 Å². The van der Waals surface area contributed by atoms with Crippen molar-refractivity contribution < 1.29 is 28.6 Å². The van der Waals surface area contributed by atoms with Gasteiger partial charge in [0.05, 0.1) is 18.4 Å². The first-order valence-corrected chi connectivity index (χ1v) is 11.9. The summed E-state index contributed by atoms with van der Waals surface area (Å²) in [7, 11) is 1.56. The van der Waals surface area contributed by atoms with Crippen LogP contribution in [-0.2, 0) is 27.3 Å². The molecule has 36 heavy (non-hydrogen) atoms. The standard InChI is InChI=1S/C28H34N2O6/c1-17(13-15-22(31)36-28(3,4)5)12-14-20-24(30-27(33)29-19-10-8-7-9-11-19)23-21(16-35-26(23)32)18(2)25(20)34-6/h7-12H,13-16H2,1-6H3,(H2,29,30,33). The number of hydrogen-bond donors (Lipinski definition) is 2. The Bertz CT molecular complexity index is 1180. The molecule has 0 spiro atoms. The van der Waals surface area contributed by atoms with Crippen molar-refractivity contribution in [1.29, 1.82) is 0 Å². The van der Waals surface area contributed by atoms with E-state index < -0.39 is 17.6 Å². The number of benzene rings is 2. The predicted molar refractivity (Wildman–Crippen MR) is 138 cm³/mol. The number of cyclic esters (lactones) is 1. The first kappa shape index (κ1) is 26.8. The van der Waals surface area contributed by atoms with Gasteiger partial charge in [-0.05, 0) is 65.2 Å². The number of methoxy groups -OCH3 is 1. The highest BCUT2D eigenvalue weighted by Gasteiger charge is 2.32. The second-order valence-corrected chi connectivity index (χ2v) is 9.73. The number of hydrogen-bond acceptors (Lipinski definition) is 6. The zero-order valence-corrected chi connectivity index (χ0v) is 21.7. The monoisotopic (exact) mass is 494 g/mol. The number of urea groups is 1. The maximum atomic E-state index is 12.9. The number of ether oxygens (including phenoxy) is 3. The highest BCUT2D eigenvalue weighted by Crippen LogP contribution is 2.41. The van der Waals surface area contributed by atoms with Crippen LogP contribution in [0.15, 0.2) is 42.0 Å². The maximum absolute atomic E-state index is 12.9. The summed E-state index contributed by atoms with van der Waals surface area (Å²) in [5, 5.41) is 5.64. The molecule has 2 aromatic rings. The number of allylic oxidation sites excluding steroid dienone is 2. The molecule has 0 aromatic heterocycles. The van der Waals surface area contributed by atoms with Gasteiger partial charge in [-0.25, -0.2) is 9.59 Å². The van der Waals surface area contributed by atoms with Crippen LogP contribution in [0.25, 0.3) is 0 Å². The van der Waals surface area contributed by atoms with Crippen molar-refractivity contribution in [3.05, 3.63) is 64.2 Å². The Morgan fingerprint density at radius 1 is 1.11 bits per heavy atom. The second kappa shape index (κ2) is 11.3. The van der Waals surface area contributed by atoms with E-state index in [1.54, 1.807) is 19.2 Å². The smallest absolute Gasteiger partial charge is 0.341 e. The summed E-state index contributed by atoms with van der Waals surface area (Å²) in [5.41, 5.74) is 3.91. The Balaban J connectivity index is 1.89. The molecule has 1 aliphatic rings. The fourth-order valence-corrected chi connectivity index (χ4v) is 4.06. The third kappa shape index (κ3) is 6.65. The average Bonchev–Trinajstić information content (AvgIpc) is 3.19. The van der Waals surface area contributed by atoms with Crippen LogP contribution in [-0.4, -0.2) is 30.7 Å². The maximum Gasteiger partial charge on any atom is 0.341 e. The second-order valence-electron chi connectivity index (χ2n) is 9.73. The van der Waals surface area contributed by atoms with Crippen LogP contribution in [0.2, 0.25) is 0 Å². The third-order valence-corrected chi connectivity index (χ3v) is 5.75. The van der Waals surface area contributed by atoms with Crippen molar-refractivity contribution >= 4 is 29.3 Å². The van der Waals surface area contributed by atoms with Crippen molar-refractivity contribution in [2.45, 2.75) is 66.1 Å². The zero-order valence-electron chi connectivity index (χ0n) is 21.7. The van der Waals surface area contributed by atoms with Gasteiger partial charge in [-0.1, -0.05) is 29.8 Å². The van der Waals surface area contributed by atoms with E-state index in [1.807, 2.05) is 58.9 Å². The fourth-order valence-electron chi connectivity index (χ4n) is 4.06. The Labute approximate surface area is 212 Å². The molecule has 0 aliphatic carbocycles. The van der Waals surface area contributed by atoms with Gasteiger partial charge in [0.15, 0.2) is 0 Å². The molecule has 8 heteroatoms. The molecule has 0 unspecified atom stereocenters. The molecule has 1 heterocycles. The Morgan fingerprint density at radius 3 is 2.44 bits per heavy atom. The lowest BCUT2D eigenvalue weighted by molar-refractivity contribution is -0.154. The number of esters is 2. The first-order valence-electron chi connectivity index (χ1n) is 11.9. The van der Waals surface area contributed by atoms with E-state index in [-0.39, 0.29) is 19.0 Å². The van der Waals surface area contributed by atoms with Crippen LogP contribution in [0.5, 0.6) is 5.75 Å². The van der Waals surface area contributed by atoms with E-state index in [2.05, 4.69) is 10.6 Å². The summed E-state index contributed by atoms with van der Waals surface area (Å²) in [6.07, 6.45) is 3.14. The number of amides is 2. The lowest BCUT2D eigenvalue weighted by Crippen LogP contribution is -2.23. The molecule has 2 amide bonds. The van der Waals surface area contributed by atoms with Crippen LogP contribution >= 0.6 is 0 Å². The number of anilines is 2. The minimum absolute atomic E-state index is 0.121. The van der Waals surface area contributed by atoms with Crippen LogP contribution in [0, 0.1) is 6.92 Å². The minimum atomic E-state index is -0.528. The lowest BCUT2D eigenvalue weighted by atomic mass is 9.93. The molecular formula is C28H34N2O6. The molecule has 0 bridgehead atoms. The summed E-state index contributed by atoms with van der Waals surface area (Å²) < 4.78 is 16.4. The number of para-hydroxylation sites is 1. The van der Waals surface area contributed by atoms with E-state index in [0.717, 1.165) is 11.1 Å². The molecular weight excluding hydrogens is 460 g/mol. The van der Waals surface area contributed by atoms with Gasteiger partial charge in [0.2, 0.25) is 0 Å². The highest BCUT2D eigenvalue weighted by atomic mass is 16.6. The average molecular weight is 495 g/mol. The Morgan fingerprint density at radius 2 is 1.81 bits per heavy atom. The lowest BCUT2D eigenvalue weighted by Gasteiger charge is -2.20. The summed E-state index contributed by atoms with van der Waals surface area (Å²) in [6.45, 7) is 9.43. The zero-order chi connectivity index (χ0) is 26.5. The van der Waals surface area contributed by atoms with Crippen LogP contribution < -0.4 is 15.4 Å². The van der Waals surface area contributed by atoms with Crippen LogP contribution in [0.3, 0.4) is 0 Å². The number of fused-ring (bicyclic) bond motifs is 1. The Hall–Kier alpha value is -3.81. The van der Waals surface area contributed by atoms with E-state index in [9.17, 15) is 14.4 Å². The number of nitrogens with one attached hydrogen (secondary N) is 2. The van der Waals surface area contributed by atoms with Crippen LogP contribution in [0.4, 0.5) is 16.2 Å². The van der Waals surface area contributed by atoms with Gasteiger partial charge in [0.25, 0.3) is 0 Å². The van der Waals surface area contributed by atoms with Crippen molar-refractivity contribution in [1.82, 2.24) is 0 Å². The van der Waals surface area contributed by atoms with Crippen molar-refractivity contribution in [2.75, 3.05) is 17.7 Å².